The van der Waals surface area contributed by atoms with E-state index in [9.17, 15) is 27.5 Å². The molecule has 8 heteroatoms. The quantitative estimate of drug-likeness (QED) is 0.513. The van der Waals surface area contributed by atoms with E-state index in [1.807, 2.05) is 0 Å². The van der Waals surface area contributed by atoms with E-state index < -0.39 is 24.1 Å². The first kappa shape index (κ1) is 21.2. The number of benzene rings is 2. The smallest absolute Gasteiger partial charge is 0.376 e. The van der Waals surface area contributed by atoms with Crippen LogP contribution in [0.4, 0.5) is 17.6 Å². The van der Waals surface area contributed by atoms with Crippen LogP contribution in [0.25, 0.3) is 0 Å². The van der Waals surface area contributed by atoms with Gasteiger partial charge in [-0.05, 0) is 17.7 Å². The van der Waals surface area contributed by atoms with Crippen LogP contribution in [0.15, 0.2) is 59.5 Å². The van der Waals surface area contributed by atoms with Crippen LogP contribution in [0.1, 0.15) is 18.4 Å². The summed E-state index contributed by atoms with van der Waals surface area (Å²) in [6, 6.07) is 12.9. The third kappa shape index (κ3) is 5.71. The fourth-order valence-electron chi connectivity index (χ4n) is 2.45. The molecule has 0 heterocycles. The molecule has 0 aromatic heterocycles. The van der Waals surface area contributed by atoms with E-state index in [1.165, 1.54) is 30.3 Å². The van der Waals surface area contributed by atoms with Gasteiger partial charge in [-0.25, -0.2) is 4.39 Å². The topological polar surface area (TPSA) is 49.3 Å². The molecule has 1 unspecified atom stereocenters. The molecule has 0 radical (unpaired) electrons. The van der Waals surface area contributed by atoms with Crippen LogP contribution in [0.3, 0.4) is 0 Å². The fourth-order valence-corrected chi connectivity index (χ4v) is 3.34. The van der Waals surface area contributed by atoms with Crippen molar-refractivity contribution in [3.05, 3.63) is 66.0 Å². The Balaban J connectivity index is 1.84. The molecule has 0 spiro atoms. The summed E-state index contributed by atoms with van der Waals surface area (Å²) in [5.74, 6) is -0.563. The number of aliphatic hydroxyl groups is 1. The number of rotatable bonds is 8. The zero-order valence-electron chi connectivity index (χ0n) is 14.3. The summed E-state index contributed by atoms with van der Waals surface area (Å²) in [5.41, 5.74) is -3.31. The summed E-state index contributed by atoms with van der Waals surface area (Å²) < 4.78 is 53.5. The molecule has 0 saturated heterocycles. The minimum absolute atomic E-state index is 0.0226. The lowest BCUT2D eigenvalue weighted by Crippen LogP contribution is -2.45. The number of thioether (sulfide) groups is 1. The summed E-state index contributed by atoms with van der Waals surface area (Å²) >= 11 is 1.15. The number of alkyl halides is 3. The highest BCUT2D eigenvalue weighted by atomic mass is 32.2. The molecule has 0 saturated carbocycles. The number of nitrogens with one attached hydrogen (secondary N) is 1. The number of carbonyl (C=O) groups is 1. The molecule has 2 aromatic rings. The molecule has 2 rings (SSSR count). The molecule has 27 heavy (non-hydrogen) atoms. The Hall–Kier alpha value is -2.06. The number of halogens is 4. The first-order valence-corrected chi connectivity index (χ1v) is 9.21. The zero-order valence-corrected chi connectivity index (χ0v) is 15.1. The van der Waals surface area contributed by atoms with Crippen molar-refractivity contribution in [2.75, 3.05) is 12.3 Å². The van der Waals surface area contributed by atoms with Crippen molar-refractivity contribution in [2.45, 2.75) is 29.5 Å². The molecular formula is C19H19F4NO2S. The van der Waals surface area contributed by atoms with E-state index in [-0.39, 0.29) is 30.1 Å². The lowest BCUT2D eigenvalue weighted by atomic mass is 9.89. The standard InChI is InChI=1S/C19H19F4NO2S/c20-15-8-4-5-9-16(15)27-13-10-17(25)24-12-11-18(26,19(21,22)23)14-6-2-1-3-7-14/h1-9,26H,10-13H2,(H,24,25). The molecule has 1 amide bonds. The molecule has 0 aliphatic rings. The van der Waals surface area contributed by atoms with E-state index >= 15 is 0 Å². The minimum Gasteiger partial charge on any atom is -0.376 e. The second-order valence-corrected chi connectivity index (χ2v) is 6.99. The van der Waals surface area contributed by atoms with Crippen LogP contribution in [0.2, 0.25) is 0 Å². The highest BCUT2D eigenvalue weighted by molar-refractivity contribution is 7.99. The van der Waals surface area contributed by atoms with Crippen molar-refractivity contribution in [3.8, 4) is 0 Å². The molecule has 2 aromatic carbocycles. The molecule has 0 aliphatic carbocycles. The Kier molecular flexibility index (Phi) is 7.26. The zero-order chi connectivity index (χ0) is 19.9. The van der Waals surface area contributed by atoms with Gasteiger partial charge in [0, 0.05) is 30.0 Å². The third-order valence-electron chi connectivity index (χ3n) is 3.95. The van der Waals surface area contributed by atoms with Crippen molar-refractivity contribution in [2.24, 2.45) is 0 Å². The molecule has 146 valence electrons. The van der Waals surface area contributed by atoms with Gasteiger partial charge in [0.2, 0.25) is 5.91 Å². The monoisotopic (exact) mass is 401 g/mol. The highest BCUT2D eigenvalue weighted by Crippen LogP contribution is 2.41. The largest absolute Gasteiger partial charge is 0.421 e. The minimum atomic E-state index is -4.88. The Morgan fingerprint density at radius 3 is 2.30 bits per heavy atom. The normalized spacial score (nSPS) is 13.8. The number of amides is 1. The van der Waals surface area contributed by atoms with Crippen molar-refractivity contribution in [1.29, 1.82) is 0 Å². The molecule has 0 aliphatic heterocycles. The van der Waals surface area contributed by atoms with E-state index in [0.717, 1.165) is 11.8 Å². The predicted molar refractivity (Wildman–Crippen MR) is 95.8 cm³/mol. The molecule has 3 nitrogen and oxygen atoms in total. The van der Waals surface area contributed by atoms with Gasteiger partial charge in [0.05, 0.1) is 0 Å². The number of carbonyl (C=O) groups excluding carboxylic acids is 1. The van der Waals surface area contributed by atoms with E-state index in [4.69, 9.17) is 0 Å². The Morgan fingerprint density at radius 2 is 1.67 bits per heavy atom. The summed E-state index contributed by atoms with van der Waals surface area (Å²) in [6.45, 7) is -0.339. The van der Waals surface area contributed by atoms with E-state index in [1.54, 1.807) is 24.3 Å². The number of hydrogen-bond donors (Lipinski definition) is 2. The summed E-state index contributed by atoms with van der Waals surface area (Å²) in [4.78, 5) is 12.2. The average Bonchev–Trinajstić information content (AvgIpc) is 2.63. The highest BCUT2D eigenvalue weighted by Gasteiger charge is 2.54. The van der Waals surface area contributed by atoms with Crippen molar-refractivity contribution in [3.63, 3.8) is 0 Å². The van der Waals surface area contributed by atoms with Crippen molar-refractivity contribution < 1.29 is 27.5 Å². The van der Waals surface area contributed by atoms with Crippen LogP contribution >= 0.6 is 11.8 Å². The van der Waals surface area contributed by atoms with Crippen LogP contribution in [0, 0.1) is 5.82 Å². The Bertz CT molecular complexity index is 755. The molecule has 2 N–H and O–H groups in total. The van der Waals surface area contributed by atoms with Gasteiger partial charge in [-0.3, -0.25) is 4.79 Å². The SMILES string of the molecule is O=C(CCSc1ccccc1F)NCCC(O)(c1ccccc1)C(F)(F)F. The second-order valence-electron chi connectivity index (χ2n) is 5.85. The van der Waals surface area contributed by atoms with Gasteiger partial charge in [-0.15, -0.1) is 11.8 Å². The first-order valence-electron chi connectivity index (χ1n) is 8.23. The maximum absolute atomic E-state index is 13.5. The Labute approximate surface area is 158 Å². The van der Waals surface area contributed by atoms with E-state index in [0.29, 0.717) is 4.90 Å². The Morgan fingerprint density at radius 1 is 1.04 bits per heavy atom. The lowest BCUT2D eigenvalue weighted by molar-refractivity contribution is -0.268. The maximum Gasteiger partial charge on any atom is 0.421 e. The van der Waals surface area contributed by atoms with Gasteiger partial charge < -0.3 is 10.4 Å². The fraction of sp³-hybridized carbons (Fsp3) is 0.316. The molecule has 1 atom stereocenters. The second kappa shape index (κ2) is 9.23. The summed E-state index contributed by atoms with van der Waals surface area (Å²) in [6.07, 6.45) is -5.55. The van der Waals surface area contributed by atoms with Crippen LogP contribution < -0.4 is 5.32 Å². The third-order valence-corrected chi connectivity index (χ3v) is 5.00. The average molecular weight is 401 g/mol. The molecule has 0 bridgehead atoms. The van der Waals surface area contributed by atoms with Gasteiger partial charge in [0.15, 0.2) is 5.60 Å². The summed E-state index contributed by atoms with van der Waals surface area (Å²) in [5, 5.41) is 12.5. The molecule has 0 fully saturated rings. The maximum atomic E-state index is 13.5. The van der Waals surface area contributed by atoms with Crippen LogP contribution in [-0.2, 0) is 10.4 Å². The summed E-state index contributed by atoms with van der Waals surface area (Å²) in [7, 11) is 0. The van der Waals surface area contributed by atoms with Crippen molar-refractivity contribution in [1.82, 2.24) is 5.32 Å². The van der Waals surface area contributed by atoms with Gasteiger partial charge in [0.25, 0.3) is 0 Å². The van der Waals surface area contributed by atoms with Gasteiger partial charge >= 0.3 is 6.18 Å². The first-order chi connectivity index (χ1) is 12.7. The van der Waals surface area contributed by atoms with Gasteiger partial charge in [-0.1, -0.05) is 42.5 Å². The lowest BCUT2D eigenvalue weighted by Gasteiger charge is -2.31. The predicted octanol–water partition coefficient (Wildman–Crippen LogP) is 4.26. The number of hydrogen-bond acceptors (Lipinski definition) is 3. The van der Waals surface area contributed by atoms with Gasteiger partial charge in [-0.2, -0.15) is 13.2 Å². The van der Waals surface area contributed by atoms with Crippen molar-refractivity contribution >= 4 is 17.7 Å². The van der Waals surface area contributed by atoms with Crippen LogP contribution in [0.5, 0.6) is 0 Å². The molecular weight excluding hydrogens is 382 g/mol. The van der Waals surface area contributed by atoms with E-state index in [2.05, 4.69) is 5.32 Å². The van der Waals surface area contributed by atoms with Crippen LogP contribution in [-0.4, -0.2) is 29.5 Å². The van der Waals surface area contributed by atoms with Gasteiger partial charge in [0.1, 0.15) is 5.82 Å².